The van der Waals surface area contributed by atoms with Gasteiger partial charge in [-0.05, 0) is 12.8 Å². The second-order valence-corrected chi connectivity index (χ2v) is 3.93. The highest BCUT2D eigenvalue weighted by atomic mass is 16.7. The summed E-state index contributed by atoms with van der Waals surface area (Å²) >= 11 is 0. The molecule has 2 unspecified atom stereocenters. The third-order valence-electron chi connectivity index (χ3n) is 2.16. The third-order valence-corrected chi connectivity index (χ3v) is 2.16. The Hall–Kier alpha value is -0.650. The normalized spacial score (nSPS) is 27.7. The maximum Gasteiger partial charge on any atom is 0.322 e. The quantitative estimate of drug-likeness (QED) is 0.529. The van der Waals surface area contributed by atoms with Crippen molar-refractivity contribution >= 4 is 5.97 Å². The summed E-state index contributed by atoms with van der Waals surface area (Å²) in [7, 11) is 0. The molecule has 5 nitrogen and oxygen atoms in total. The van der Waals surface area contributed by atoms with Gasteiger partial charge >= 0.3 is 5.97 Å². The first kappa shape index (κ1) is 12.4. The fourth-order valence-electron chi connectivity index (χ4n) is 1.31. The zero-order chi connectivity index (χ0) is 11.3. The van der Waals surface area contributed by atoms with Crippen LogP contribution in [0.5, 0.6) is 0 Å². The largest absolute Gasteiger partial charge is 0.462 e. The molecule has 3 atom stereocenters. The molecule has 5 heteroatoms. The van der Waals surface area contributed by atoms with Gasteiger partial charge in [-0.15, -0.1) is 0 Å². The Balaban J connectivity index is 2.00. The van der Waals surface area contributed by atoms with Crippen LogP contribution in [0.4, 0.5) is 0 Å². The maximum atomic E-state index is 11.0. The van der Waals surface area contributed by atoms with Gasteiger partial charge in [0, 0.05) is 6.42 Å². The van der Waals surface area contributed by atoms with Crippen LogP contribution in [0.15, 0.2) is 0 Å². The van der Waals surface area contributed by atoms with E-state index < -0.39 is 12.0 Å². The molecule has 1 saturated heterocycles. The Kier molecular flexibility index (Phi) is 5.01. The van der Waals surface area contributed by atoms with Crippen molar-refractivity contribution in [2.45, 2.75) is 32.6 Å². The molecule has 1 fully saturated rings. The minimum Gasteiger partial charge on any atom is -0.462 e. The monoisotopic (exact) mass is 217 g/mol. The van der Waals surface area contributed by atoms with Crippen molar-refractivity contribution in [1.29, 1.82) is 0 Å². The molecule has 2 N–H and O–H groups in total. The molecule has 0 amide bonds. The lowest BCUT2D eigenvalue weighted by molar-refractivity contribution is -0.153. The predicted molar refractivity (Wildman–Crippen MR) is 54.1 cm³/mol. The van der Waals surface area contributed by atoms with Gasteiger partial charge in [0.1, 0.15) is 12.6 Å². The summed E-state index contributed by atoms with van der Waals surface area (Å²) in [6.07, 6.45) is 0.760. The number of rotatable bonds is 5. The van der Waals surface area contributed by atoms with Crippen molar-refractivity contribution in [2.75, 3.05) is 19.8 Å². The van der Waals surface area contributed by atoms with Crippen LogP contribution < -0.4 is 5.73 Å². The van der Waals surface area contributed by atoms with Crippen molar-refractivity contribution in [2.24, 2.45) is 11.7 Å². The van der Waals surface area contributed by atoms with Gasteiger partial charge in [0.15, 0.2) is 6.29 Å². The summed E-state index contributed by atoms with van der Waals surface area (Å²) in [5.74, 6) is 0.140. The molecule has 0 aliphatic carbocycles. The number of carbonyl (C=O) groups is 1. The maximum absolute atomic E-state index is 11.0. The van der Waals surface area contributed by atoms with Crippen molar-refractivity contribution in [3.8, 4) is 0 Å². The summed E-state index contributed by atoms with van der Waals surface area (Å²) in [4.78, 5) is 11.0. The Morgan fingerprint density at radius 2 is 2.33 bits per heavy atom. The number of esters is 1. The van der Waals surface area contributed by atoms with E-state index in [9.17, 15) is 4.79 Å². The van der Waals surface area contributed by atoms with Crippen molar-refractivity contribution in [1.82, 2.24) is 0 Å². The van der Waals surface area contributed by atoms with E-state index in [0.717, 1.165) is 13.0 Å². The summed E-state index contributed by atoms with van der Waals surface area (Å²) in [6, 6.07) is -0.576. The van der Waals surface area contributed by atoms with E-state index in [-0.39, 0.29) is 12.9 Å². The molecule has 0 aromatic rings. The number of hydrogen-bond acceptors (Lipinski definition) is 5. The molecule has 1 heterocycles. The molecule has 1 rings (SSSR count). The third kappa shape index (κ3) is 4.59. The van der Waals surface area contributed by atoms with Crippen LogP contribution in [0, 0.1) is 5.92 Å². The standard InChI is InChI=1S/C10H19NO4/c1-7-5-9(15-6-7)13-3-4-14-10(12)8(2)11/h7-9H,3-6,11H2,1-2H3/t7-,8?,9?/m1/s1. The number of carbonyl (C=O) groups excluding carboxylic acids is 1. The molecule has 0 bridgehead atoms. The summed E-state index contributed by atoms with van der Waals surface area (Å²) in [6.45, 7) is 5.03. The van der Waals surface area contributed by atoms with Crippen LogP contribution in [-0.2, 0) is 19.0 Å². The van der Waals surface area contributed by atoms with E-state index in [1.807, 2.05) is 0 Å². The minimum absolute atomic E-state index is 0.144. The van der Waals surface area contributed by atoms with Gasteiger partial charge in [-0.2, -0.15) is 0 Å². The number of nitrogens with two attached hydrogens (primary N) is 1. The first-order valence-corrected chi connectivity index (χ1v) is 5.25. The molecule has 15 heavy (non-hydrogen) atoms. The van der Waals surface area contributed by atoms with Crippen LogP contribution in [0.3, 0.4) is 0 Å². The SMILES string of the molecule is CC(N)C(=O)OCCOC1C[C@@H](C)CO1. The van der Waals surface area contributed by atoms with Gasteiger partial charge in [-0.25, -0.2) is 0 Å². The molecule has 0 radical (unpaired) electrons. The first-order valence-electron chi connectivity index (χ1n) is 5.25. The Labute approximate surface area is 89.9 Å². The first-order chi connectivity index (χ1) is 7.09. The average Bonchev–Trinajstić information content (AvgIpc) is 2.58. The van der Waals surface area contributed by atoms with E-state index >= 15 is 0 Å². The van der Waals surface area contributed by atoms with Crippen LogP contribution in [0.2, 0.25) is 0 Å². The Morgan fingerprint density at radius 3 is 2.87 bits per heavy atom. The molecule has 0 spiro atoms. The molecule has 0 aromatic heterocycles. The van der Waals surface area contributed by atoms with Crippen molar-refractivity contribution < 1.29 is 19.0 Å². The summed E-state index contributed by atoms with van der Waals surface area (Å²) in [5.41, 5.74) is 5.32. The molecular formula is C10H19NO4. The van der Waals surface area contributed by atoms with Crippen LogP contribution in [0.1, 0.15) is 20.3 Å². The molecule has 1 aliphatic heterocycles. The molecule has 0 saturated carbocycles. The smallest absolute Gasteiger partial charge is 0.322 e. The lowest BCUT2D eigenvalue weighted by Crippen LogP contribution is -2.30. The van der Waals surface area contributed by atoms with E-state index in [1.54, 1.807) is 6.92 Å². The topological polar surface area (TPSA) is 70.8 Å². The van der Waals surface area contributed by atoms with E-state index in [4.69, 9.17) is 19.9 Å². The minimum atomic E-state index is -0.576. The van der Waals surface area contributed by atoms with E-state index in [0.29, 0.717) is 12.5 Å². The highest BCUT2D eigenvalue weighted by molar-refractivity contribution is 5.74. The van der Waals surface area contributed by atoms with Crippen LogP contribution in [-0.4, -0.2) is 38.1 Å². The highest BCUT2D eigenvalue weighted by Crippen LogP contribution is 2.19. The summed E-state index contributed by atoms with van der Waals surface area (Å²) < 4.78 is 15.5. The van der Waals surface area contributed by atoms with Gasteiger partial charge < -0.3 is 19.9 Å². The Bertz CT molecular complexity index is 208. The molecular weight excluding hydrogens is 198 g/mol. The lowest BCUT2D eigenvalue weighted by Gasteiger charge is -2.11. The fraction of sp³-hybridized carbons (Fsp3) is 0.900. The van der Waals surface area contributed by atoms with Crippen molar-refractivity contribution in [3.05, 3.63) is 0 Å². The fourth-order valence-corrected chi connectivity index (χ4v) is 1.31. The zero-order valence-corrected chi connectivity index (χ0v) is 9.27. The number of hydrogen-bond donors (Lipinski definition) is 1. The van der Waals surface area contributed by atoms with Gasteiger partial charge in [-0.3, -0.25) is 4.79 Å². The lowest BCUT2D eigenvalue weighted by atomic mass is 10.1. The summed E-state index contributed by atoms with van der Waals surface area (Å²) in [5, 5.41) is 0. The van der Waals surface area contributed by atoms with Gasteiger partial charge in [-0.1, -0.05) is 6.92 Å². The zero-order valence-electron chi connectivity index (χ0n) is 9.27. The van der Waals surface area contributed by atoms with Crippen LogP contribution >= 0.6 is 0 Å². The van der Waals surface area contributed by atoms with Crippen LogP contribution in [0.25, 0.3) is 0 Å². The second-order valence-electron chi connectivity index (χ2n) is 3.93. The molecule has 1 aliphatic rings. The van der Waals surface area contributed by atoms with Gasteiger partial charge in [0.2, 0.25) is 0 Å². The van der Waals surface area contributed by atoms with E-state index in [1.165, 1.54) is 0 Å². The van der Waals surface area contributed by atoms with Gasteiger partial charge in [0.25, 0.3) is 0 Å². The van der Waals surface area contributed by atoms with E-state index in [2.05, 4.69) is 6.92 Å². The average molecular weight is 217 g/mol. The highest BCUT2D eigenvalue weighted by Gasteiger charge is 2.22. The molecule has 0 aromatic carbocycles. The second kappa shape index (κ2) is 6.05. The molecule has 88 valence electrons. The Morgan fingerprint density at radius 1 is 1.60 bits per heavy atom. The number of ether oxygens (including phenoxy) is 3. The van der Waals surface area contributed by atoms with Crippen molar-refractivity contribution in [3.63, 3.8) is 0 Å². The predicted octanol–water partition coefficient (Wildman–Crippen LogP) is 0.276. The van der Waals surface area contributed by atoms with Gasteiger partial charge in [0.05, 0.1) is 13.2 Å².